The van der Waals surface area contributed by atoms with Gasteiger partial charge in [-0.25, -0.2) is 9.59 Å². The molecule has 1 heterocycles. The number of Topliss-reactive ketones (excluding diaryl/α,β-unsaturated/α-hetero) is 1. The van der Waals surface area contributed by atoms with E-state index >= 15 is 4.79 Å². The minimum absolute atomic E-state index is 0.000240. The first-order chi connectivity index (χ1) is 45.0. The van der Waals surface area contributed by atoms with Crippen LogP contribution >= 0.6 is 0 Å². The van der Waals surface area contributed by atoms with Gasteiger partial charge in [-0.05, 0) is 135 Å². The van der Waals surface area contributed by atoms with Gasteiger partial charge in [0.1, 0.15) is 18.7 Å². The summed E-state index contributed by atoms with van der Waals surface area (Å²) in [7, 11) is 2.97. The van der Waals surface area contributed by atoms with Gasteiger partial charge in [-0.15, -0.1) is 0 Å². The molecule has 0 radical (unpaired) electrons. The zero-order valence-corrected chi connectivity index (χ0v) is 54.9. The molecule has 3 aromatic rings. The molecule has 2 bridgehead atoms. The van der Waals surface area contributed by atoms with Crippen molar-refractivity contribution in [2.24, 2.45) is 44.9 Å². The quantitative estimate of drug-likeness (QED) is 0.0310. The molecule has 7 aliphatic carbocycles. The summed E-state index contributed by atoms with van der Waals surface area (Å²) in [4.78, 5) is 124. The number of rotatable bonds is 28. The maximum absolute atomic E-state index is 15.1. The van der Waals surface area contributed by atoms with Gasteiger partial charge in [0.15, 0.2) is 30.9 Å². The Morgan fingerprint density at radius 3 is 2.13 bits per heavy atom. The first-order valence-electron chi connectivity index (χ1n) is 32.6. The van der Waals surface area contributed by atoms with Crippen LogP contribution in [0.5, 0.6) is 0 Å². The highest BCUT2D eigenvalue weighted by atomic mass is 16.7. The zero-order valence-electron chi connectivity index (χ0n) is 54.9. The molecule has 510 valence electrons. The fourth-order valence-electron chi connectivity index (χ4n) is 16.2. The van der Waals surface area contributed by atoms with Crippen LogP contribution in [0.25, 0.3) is 0 Å². The lowest BCUT2D eigenvalue weighted by Crippen LogP contribution is -2.72. The number of aliphatic hydroxyl groups is 1. The van der Waals surface area contributed by atoms with Crippen LogP contribution in [-0.4, -0.2) is 173 Å². The molecule has 7 fully saturated rings. The first kappa shape index (κ1) is 69.5. The summed E-state index contributed by atoms with van der Waals surface area (Å²) in [6.45, 7) is 7.57. The van der Waals surface area contributed by atoms with Crippen LogP contribution in [0.1, 0.15) is 127 Å². The molecule has 8 aliphatic rings. The maximum Gasteiger partial charge on any atom is 0.409 e. The summed E-state index contributed by atoms with van der Waals surface area (Å²) < 4.78 is 25.1. The van der Waals surface area contributed by atoms with Crippen molar-refractivity contribution in [3.8, 4) is 0 Å². The molecule has 0 aromatic heterocycles. The number of carboxylic acids is 2. The average Bonchev–Trinajstić information content (AvgIpc) is 1.64. The van der Waals surface area contributed by atoms with Crippen LogP contribution in [-0.2, 0) is 76.8 Å². The molecule has 11 rings (SSSR count). The number of nitrogens with zero attached hydrogens (tertiary/aromatic N) is 3. The van der Waals surface area contributed by atoms with Gasteiger partial charge < -0.3 is 75.9 Å². The number of allylic oxidation sites excluding steroid dienone is 4. The standard InChI is InChI=1S/C70H88N8O17/c1-40(2)73-53(62(87)88)28-42-8-14-45(15-9-42)41(3)76-93-36-58(83)72-33-57(82)75-52(22-23-59(84)85)61(86)74-48-19-12-44(13-20-48)34-91-64(89)77(6)26-27-78(7)65(90)92-35-55(81)70-56(94-63(95-70)46-16-10-43(11-17-46)31-68-37-69(71,38-68)39-68)30-51-50-21-18-47-29-49(79)24-25-66(47,4)60(50)54(80)32-67(51,70)5/h8-17,19-20,24-25,29,40,50-54,56,60,63,73,80H,18,21-23,26-28,30-39,71H2,1-7H3,(H,72,83)(H,74,86)(H,75,82)(H,84,85)(H,87,88)/b76-41-/t50-,51-,52-,53?,54-,56+,60+,63+,66-,67-,68?,69?,70+/m0/s1. The fraction of sp³-hybridized carbons (Fsp3) is 0.543. The number of hydrogen-bond donors (Lipinski definition) is 8. The molecule has 9 N–H and O–H groups in total. The van der Waals surface area contributed by atoms with E-state index in [4.69, 9.17) is 29.5 Å². The monoisotopic (exact) mass is 1310 g/mol. The zero-order chi connectivity index (χ0) is 68.4. The first-order valence-corrected chi connectivity index (χ1v) is 32.6. The van der Waals surface area contributed by atoms with Gasteiger partial charge in [-0.1, -0.05) is 105 Å². The highest BCUT2D eigenvalue weighted by molar-refractivity contribution is 6.01. The largest absolute Gasteiger partial charge is 0.481 e. The van der Waals surface area contributed by atoms with Crippen LogP contribution in [0.2, 0.25) is 0 Å². The van der Waals surface area contributed by atoms with Gasteiger partial charge in [0.2, 0.25) is 17.6 Å². The second kappa shape index (κ2) is 28.1. The summed E-state index contributed by atoms with van der Waals surface area (Å²) in [5, 5.41) is 45.7. The molecule has 25 nitrogen and oxygen atoms in total. The van der Waals surface area contributed by atoms with Crippen LogP contribution < -0.4 is 27.0 Å². The van der Waals surface area contributed by atoms with Crippen molar-refractivity contribution in [1.82, 2.24) is 25.8 Å². The summed E-state index contributed by atoms with van der Waals surface area (Å²) in [5.41, 5.74) is 9.21. The van der Waals surface area contributed by atoms with E-state index in [0.717, 1.165) is 42.4 Å². The van der Waals surface area contributed by atoms with E-state index in [1.165, 1.54) is 41.6 Å². The Hall–Kier alpha value is -8.36. The summed E-state index contributed by atoms with van der Waals surface area (Å²) in [6, 6.07) is 19.3. The highest BCUT2D eigenvalue weighted by Gasteiger charge is 2.76. The number of carbonyl (C=O) groups excluding carboxylic acids is 7. The molecule has 6 saturated carbocycles. The molecule has 1 unspecified atom stereocenters. The number of ketones is 2. The number of aliphatic carboxylic acids is 2. The third kappa shape index (κ3) is 15.0. The van der Waals surface area contributed by atoms with Gasteiger partial charge in [0.25, 0.3) is 5.91 Å². The average molecular weight is 1310 g/mol. The van der Waals surface area contributed by atoms with Crippen molar-refractivity contribution in [1.29, 1.82) is 0 Å². The van der Waals surface area contributed by atoms with E-state index in [1.54, 1.807) is 55.5 Å². The fourth-order valence-corrected chi connectivity index (χ4v) is 16.2. The Morgan fingerprint density at radius 1 is 0.832 bits per heavy atom. The van der Waals surface area contributed by atoms with Crippen molar-refractivity contribution in [2.75, 3.05) is 52.3 Å². The second-order valence-corrected chi connectivity index (χ2v) is 28.0. The minimum Gasteiger partial charge on any atom is -0.481 e. The lowest BCUT2D eigenvalue weighted by atomic mass is 9.38. The predicted molar refractivity (Wildman–Crippen MR) is 345 cm³/mol. The molecule has 1 saturated heterocycles. The van der Waals surface area contributed by atoms with Crippen LogP contribution in [0.3, 0.4) is 0 Å². The molecule has 1 aliphatic heterocycles. The van der Waals surface area contributed by atoms with Crippen molar-refractivity contribution in [3.63, 3.8) is 0 Å². The minimum atomic E-state index is -1.59. The number of nitrogens with two attached hydrogens (primary N) is 1. The van der Waals surface area contributed by atoms with E-state index < -0.39 is 121 Å². The number of nitrogens with one attached hydrogen (secondary N) is 4. The number of carboxylic acid groups (broad SMARTS) is 2. The smallest absolute Gasteiger partial charge is 0.409 e. The molecule has 5 amide bonds. The molecule has 25 heteroatoms. The Bertz CT molecular complexity index is 3520. The third-order valence-corrected chi connectivity index (χ3v) is 20.8. The van der Waals surface area contributed by atoms with Crippen molar-refractivity contribution < 1.29 is 82.3 Å². The van der Waals surface area contributed by atoms with Gasteiger partial charge in [-0.2, -0.15) is 0 Å². The molecular weight excluding hydrogens is 1220 g/mol. The molecule has 95 heavy (non-hydrogen) atoms. The Balaban J connectivity index is 0.674. The summed E-state index contributed by atoms with van der Waals surface area (Å²) >= 11 is 0. The Kier molecular flexibility index (Phi) is 20.6. The normalized spacial score (nSPS) is 28.9. The van der Waals surface area contributed by atoms with Crippen LogP contribution in [0.4, 0.5) is 15.3 Å². The number of hydrogen-bond acceptors (Lipinski definition) is 18. The Labute approximate surface area is 551 Å². The number of amides is 5. The number of fused-ring (bicyclic) bond motifs is 7. The summed E-state index contributed by atoms with van der Waals surface area (Å²) in [6.07, 6.45) is 6.88. The van der Waals surface area contributed by atoms with Crippen molar-refractivity contribution in [2.45, 2.75) is 160 Å². The van der Waals surface area contributed by atoms with Gasteiger partial charge in [-0.3, -0.25) is 33.6 Å². The summed E-state index contributed by atoms with van der Waals surface area (Å²) in [5.74, 6) is -5.27. The van der Waals surface area contributed by atoms with E-state index in [9.17, 15) is 53.7 Å². The Morgan fingerprint density at radius 2 is 1.48 bits per heavy atom. The van der Waals surface area contributed by atoms with E-state index in [-0.39, 0.29) is 85.2 Å². The molecule has 3 aromatic carbocycles. The molecular formula is C70H88N8O17. The van der Waals surface area contributed by atoms with E-state index in [2.05, 4.69) is 45.5 Å². The lowest BCUT2D eigenvalue weighted by Gasteiger charge is -2.69. The SMILES string of the molecule is C/C(=N/OCC(=O)NCC(=O)N[C@@H](CCC(=O)O)C(=O)Nc1ccc(COC(=O)N(C)CCN(C)C(=O)OCC(=O)[C@@]23O[C@H](c4ccc(CC56CC(N)(C5)C6)cc4)O[C@@H]2C[C@H]2[C@@H]4CCC5=CC(=O)C=C[C@]5(C)[C@H]4[C@@H](O)C[C@@]23C)cc1)c1ccc(CC(NC(C)C)C(=O)O)cc1. The lowest BCUT2D eigenvalue weighted by molar-refractivity contribution is -0.201. The van der Waals surface area contributed by atoms with Gasteiger partial charge >= 0.3 is 24.1 Å². The number of likely N-dealkylation sites (N-methyl/N-ethyl adjacent to an activating group) is 2. The topological polar surface area (TPSA) is 353 Å². The van der Waals surface area contributed by atoms with Gasteiger partial charge in [0.05, 0.1) is 24.5 Å². The van der Waals surface area contributed by atoms with Crippen LogP contribution in [0, 0.1) is 34.0 Å². The van der Waals surface area contributed by atoms with Crippen LogP contribution in [0.15, 0.2) is 102 Å². The number of benzene rings is 3. The van der Waals surface area contributed by atoms with Crippen molar-refractivity contribution in [3.05, 3.63) is 124 Å². The number of aliphatic hydroxyl groups excluding tert-OH is 1. The van der Waals surface area contributed by atoms with Crippen molar-refractivity contribution >= 4 is 64.8 Å². The third-order valence-electron chi connectivity index (χ3n) is 20.8. The van der Waals surface area contributed by atoms with E-state index in [0.29, 0.717) is 36.1 Å². The number of carbonyl (C=O) groups is 9. The molecule has 11 atom stereocenters. The number of anilines is 1. The van der Waals surface area contributed by atoms with E-state index in [1.807, 2.05) is 39.0 Å². The molecule has 0 spiro atoms. The number of ether oxygens (including phenoxy) is 4. The van der Waals surface area contributed by atoms with Gasteiger partial charge in [0, 0.05) is 73.2 Å². The maximum atomic E-state index is 15.1. The number of oxime groups is 1. The predicted octanol–water partition coefficient (Wildman–Crippen LogP) is 5.90. The highest BCUT2D eigenvalue weighted by Crippen LogP contribution is 2.71. The second-order valence-electron chi connectivity index (χ2n) is 28.0.